The standard InChI is InChI=1S/3C4H9.3C3H7.2H2O.2Ti/c3*1-3-4-2;3*1-3-2;;;;/h3*1,3-4H2,2H3;3*3H,1-2H3;2*1H2;;/q6*-1;;;2*+3. The summed E-state index contributed by atoms with van der Waals surface area (Å²) in [6, 6.07) is 0. The van der Waals surface area contributed by atoms with E-state index >= 15 is 0 Å². The van der Waals surface area contributed by atoms with E-state index in [2.05, 4.69) is 41.5 Å². The van der Waals surface area contributed by atoms with Gasteiger partial charge in [-0.25, -0.2) is 0 Å². The molecule has 0 unspecified atom stereocenters. The zero-order valence-corrected chi connectivity index (χ0v) is 22.2. The molecule has 0 heterocycles. The van der Waals surface area contributed by atoms with E-state index in [1.807, 2.05) is 60.8 Å². The number of unbranched alkanes of at least 4 members (excludes halogenated alkanes) is 3. The Balaban J connectivity index is -0.0000000131. The fourth-order valence-corrected chi connectivity index (χ4v) is 0. The Labute approximate surface area is 194 Å². The van der Waals surface area contributed by atoms with E-state index in [-0.39, 0.29) is 54.4 Å². The van der Waals surface area contributed by atoms with E-state index in [1.165, 1.54) is 19.3 Å². The summed E-state index contributed by atoms with van der Waals surface area (Å²) in [5.74, 6) is 0. The van der Waals surface area contributed by atoms with Crippen molar-refractivity contribution in [3.05, 3.63) is 40.0 Å². The SMILES string of the molecule is C[CH-]C.C[CH-]C.C[CH-]C.O.O.[CH2-]CCC.[CH2-]CCC.[CH2-]CCC.[Ti+3].[Ti+3]. The summed E-state index contributed by atoms with van der Waals surface area (Å²) in [7, 11) is 0. The number of hydrogen-bond donors (Lipinski definition) is 0. The average Bonchev–Trinajstić information content (AvgIpc) is 2.50. The Morgan fingerprint density at radius 2 is 0.520 bits per heavy atom. The molecule has 0 atom stereocenters. The molecule has 4 N–H and O–H groups in total. The molecule has 25 heavy (non-hydrogen) atoms. The second-order valence-corrected chi connectivity index (χ2v) is 4.29. The smallest absolute Gasteiger partial charge is 0.412 e. The van der Waals surface area contributed by atoms with Gasteiger partial charge in [0.05, 0.1) is 0 Å². The molecule has 0 saturated carbocycles. The average molecular weight is 432 g/mol. The van der Waals surface area contributed by atoms with Crippen LogP contribution < -0.4 is 0 Å². The largest absolute Gasteiger partial charge is 3.00 e. The van der Waals surface area contributed by atoms with Crippen molar-refractivity contribution >= 4 is 0 Å². The summed E-state index contributed by atoms with van der Waals surface area (Å²) in [6.07, 6.45) is 12.8. The number of rotatable bonds is 3. The molecule has 4 heteroatoms. The minimum absolute atomic E-state index is 0. The van der Waals surface area contributed by atoms with Gasteiger partial charge in [0.2, 0.25) is 0 Å². The van der Waals surface area contributed by atoms with Crippen molar-refractivity contribution in [3.63, 3.8) is 0 Å². The van der Waals surface area contributed by atoms with Crippen molar-refractivity contribution in [2.75, 3.05) is 0 Å². The predicted molar refractivity (Wildman–Crippen MR) is 115 cm³/mol. The molecular formula is C21H52O2Ti2. The van der Waals surface area contributed by atoms with Crippen LogP contribution in [0.4, 0.5) is 0 Å². The first-order valence-corrected chi connectivity index (χ1v) is 8.59. The van der Waals surface area contributed by atoms with Crippen LogP contribution in [0.1, 0.15) is 101 Å². The molecule has 2 nitrogen and oxygen atoms in total. The van der Waals surface area contributed by atoms with Gasteiger partial charge in [0.1, 0.15) is 0 Å². The third-order valence-electron chi connectivity index (χ3n) is 1.06. The molecule has 156 valence electrons. The maximum absolute atomic E-state index is 3.60. The van der Waals surface area contributed by atoms with Crippen molar-refractivity contribution in [3.8, 4) is 0 Å². The van der Waals surface area contributed by atoms with Gasteiger partial charge in [-0.2, -0.15) is 60.8 Å². The van der Waals surface area contributed by atoms with E-state index in [1.54, 1.807) is 0 Å². The maximum atomic E-state index is 3.60. The number of hydrogen-bond acceptors (Lipinski definition) is 0. The Kier molecular flexibility index (Phi) is 356. The van der Waals surface area contributed by atoms with Crippen LogP contribution in [0, 0.1) is 40.0 Å². The van der Waals surface area contributed by atoms with Gasteiger partial charge >= 0.3 is 43.4 Å². The van der Waals surface area contributed by atoms with Crippen molar-refractivity contribution in [1.82, 2.24) is 0 Å². The topological polar surface area (TPSA) is 63.0 Å². The molecule has 0 aliphatic rings. The fraction of sp³-hybridized carbons (Fsp3) is 0.714. The summed E-state index contributed by atoms with van der Waals surface area (Å²) < 4.78 is 0. The Morgan fingerprint density at radius 1 is 0.480 bits per heavy atom. The van der Waals surface area contributed by atoms with Crippen LogP contribution in [0.25, 0.3) is 0 Å². The van der Waals surface area contributed by atoms with Crippen LogP contribution in [0.5, 0.6) is 0 Å². The van der Waals surface area contributed by atoms with Crippen molar-refractivity contribution in [2.45, 2.75) is 101 Å². The van der Waals surface area contributed by atoms with Crippen LogP contribution in [0.15, 0.2) is 0 Å². The minimum atomic E-state index is 0. The molecule has 0 aromatic carbocycles. The van der Waals surface area contributed by atoms with Gasteiger partial charge in [-0.15, -0.1) is 0 Å². The molecule has 2 radical (unpaired) electrons. The maximum Gasteiger partial charge on any atom is 3.00 e. The molecule has 0 bridgehead atoms. The third kappa shape index (κ3) is 731. The Morgan fingerprint density at radius 3 is 0.520 bits per heavy atom. The quantitative estimate of drug-likeness (QED) is 0.344. The Bertz CT molecular complexity index is 56.7. The first kappa shape index (κ1) is 63.3. The van der Waals surface area contributed by atoms with Crippen LogP contribution >= 0.6 is 0 Å². The predicted octanol–water partition coefficient (Wildman–Crippen LogP) is 6.90. The van der Waals surface area contributed by atoms with Gasteiger partial charge < -0.3 is 51.0 Å². The van der Waals surface area contributed by atoms with Gasteiger partial charge in [0.15, 0.2) is 0 Å². The summed E-state index contributed by atoms with van der Waals surface area (Å²) in [6.45, 7) is 29.2. The molecule has 0 aromatic heterocycles. The summed E-state index contributed by atoms with van der Waals surface area (Å²) in [5, 5.41) is 0. The summed E-state index contributed by atoms with van der Waals surface area (Å²) in [5.41, 5.74) is 0. The van der Waals surface area contributed by atoms with Gasteiger partial charge in [-0.1, -0.05) is 40.0 Å². The molecule has 0 rings (SSSR count). The van der Waals surface area contributed by atoms with Crippen molar-refractivity contribution in [1.29, 1.82) is 0 Å². The van der Waals surface area contributed by atoms with Gasteiger partial charge in [0.25, 0.3) is 0 Å². The molecule has 0 aliphatic heterocycles. The molecule has 0 aliphatic carbocycles. The molecule has 0 saturated heterocycles. The van der Waals surface area contributed by atoms with Gasteiger partial charge in [-0.05, 0) is 0 Å². The first-order chi connectivity index (χ1) is 9.99. The van der Waals surface area contributed by atoms with Crippen LogP contribution in [0.2, 0.25) is 0 Å². The van der Waals surface area contributed by atoms with Crippen molar-refractivity contribution in [2.24, 2.45) is 0 Å². The minimum Gasteiger partial charge on any atom is -0.412 e. The van der Waals surface area contributed by atoms with Crippen LogP contribution in [0.3, 0.4) is 0 Å². The second kappa shape index (κ2) is 140. The van der Waals surface area contributed by atoms with E-state index < -0.39 is 0 Å². The van der Waals surface area contributed by atoms with E-state index in [4.69, 9.17) is 0 Å². The van der Waals surface area contributed by atoms with E-state index in [9.17, 15) is 0 Å². The molecule has 0 aromatic rings. The Hall–Kier alpha value is 1.35. The van der Waals surface area contributed by atoms with Gasteiger partial charge in [-0.3, -0.25) is 0 Å². The summed E-state index contributed by atoms with van der Waals surface area (Å²) >= 11 is 0. The fourth-order valence-electron chi connectivity index (χ4n) is 0. The van der Waals surface area contributed by atoms with Crippen LogP contribution in [-0.4, -0.2) is 11.0 Å². The monoisotopic (exact) mass is 432 g/mol. The third-order valence-corrected chi connectivity index (χ3v) is 1.06. The normalized spacial score (nSPS) is 5.76. The molecular weight excluding hydrogens is 380 g/mol. The second-order valence-electron chi connectivity index (χ2n) is 4.29. The van der Waals surface area contributed by atoms with Crippen molar-refractivity contribution < 1.29 is 54.4 Å². The molecule has 0 fully saturated rings. The van der Waals surface area contributed by atoms with E-state index in [0.29, 0.717) is 0 Å². The molecule has 0 spiro atoms. The molecule has 0 amide bonds. The van der Waals surface area contributed by atoms with Gasteiger partial charge in [0, 0.05) is 0 Å². The zero-order chi connectivity index (χ0) is 18.4. The van der Waals surface area contributed by atoms with E-state index in [0.717, 1.165) is 19.3 Å². The summed E-state index contributed by atoms with van der Waals surface area (Å²) in [4.78, 5) is 0. The van der Waals surface area contributed by atoms with Crippen LogP contribution in [-0.2, 0) is 43.4 Å². The first-order valence-electron chi connectivity index (χ1n) is 8.59. The zero-order valence-electron chi connectivity index (χ0n) is 19.1.